The average molecular weight is 239 g/mol. The zero-order valence-corrected chi connectivity index (χ0v) is 10.4. The van der Waals surface area contributed by atoms with E-state index in [1.165, 1.54) is 12.8 Å². The molecule has 1 N–H and O–H groups in total. The Hall–Kier alpha value is -1.07. The number of anilines is 1. The number of aromatic nitrogens is 2. The molecule has 96 valence electrons. The lowest BCUT2D eigenvalue weighted by Gasteiger charge is -2.12. The van der Waals surface area contributed by atoms with Crippen LogP contribution in [0.3, 0.4) is 0 Å². The van der Waals surface area contributed by atoms with E-state index < -0.39 is 0 Å². The molecule has 1 aliphatic heterocycles. The summed E-state index contributed by atoms with van der Waals surface area (Å²) in [5, 5.41) is 3.26. The van der Waals surface area contributed by atoms with Crippen LogP contribution in [-0.2, 0) is 16.0 Å². The van der Waals surface area contributed by atoms with E-state index in [4.69, 9.17) is 9.47 Å². The number of rotatable bonds is 7. The molecule has 17 heavy (non-hydrogen) atoms. The second-order valence-electron chi connectivity index (χ2n) is 4.29. The van der Waals surface area contributed by atoms with Crippen LogP contribution in [0, 0.1) is 0 Å². The minimum atomic E-state index is 0.434. The van der Waals surface area contributed by atoms with Crippen molar-refractivity contribution in [1.82, 2.24) is 9.55 Å². The fourth-order valence-corrected chi connectivity index (χ4v) is 2.08. The molecule has 1 aromatic heterocycles. The summed E-state index contributed by atoms with van der Waals surface area (Å²) in [6.07, 6.45) is 7.72. The summed E-state index contributed by atoms with van der Waals surface area (Å²) in [6.45, 7) is 3.36. The number of hydrogen-bond acceptors (Lipinski definition) is 4. The van der Waals surface area contributed by atoms with E-state index >= 15 is 0 Å². The van der Waals surface area contributed by atoms with E-state index in [-0.39, 0.29) is 0 Å². The minimum Gasteiger partial charge on any atom is -0.383 e. The predicted octanol–water partition coefficient (Wildman–Crippen LogP) is 1.51. The summed E-state index contributed by atoms with van der Waals surface area (Å²) >= 11 is 0. The van der Waals surface area contributed by atoms with Gasteiger partial charge in [0.05, 0.1) is 12.7 Å². The van der Waals surface area contributed by atoms with Gasteiger partial charge in [-0.05, 0) is 19.3 Å². The molecule has 1 aliphatic rings. The van der Waals surface area contributed by atoms with Gasteiger partial charge in [-0.25, -0.2) is 4.98 Å². The molecule has 0 saturated carbocycles. The maximum absolute atomic E-state index is 5.62. The highest BCUT2D eigenvalue weighted by molar-refractivity contribution is 5.25. The average Bonchev–Trinajstić information content (AvgIpc) is 2.97. The third-order valence-electron chi connectivity index (χ3n) is 3.02. The highest BCUT2D eigenvalue weighted by Crippen LogP contribution is 2.17. The second-order valence-corrected chi connectivity index (χ2v) is 4.29. The predicted molar refractivity (Wildman–Crippen MR) is 66.2 cm³/mol. The van der Waals surface area contributed by atoms with Gasteiger partial charge in [0.15, 0.2) is 0 Å². The van der Waals surface area contributed by atoms with E-state index in [0.717, 1.165) is 32.1 Å². The summed E-state index contributed by atoms with van der Waals surface area (Å²) in [5.74, 6) is 0.917. The van der Waals surface area contributed by atoms with Crippen molar-refractivity contribution in [2.45, 2.75) is 31.9 Å². The lowest BCUT2D eigenvalue weighted by Crippen LogP contribution is -2.14. The molecule has 0 aliphatic carbocycles. The highest BCUT2D eigenvalue weighted by atomic mass is 16.5. The van der Waals surface area contributed by atoms with Crippen molar-refractivity contribution in [2.24, 2.45) is 0 Å². The van der Waals surface area contributed by atoms with Crippen LogP contribution in [0.15, 0.2) is 12.4 Å². The van der Waals surface area contributed by atoms with Gasteiger partial charge in [-0.15, -0.1) is 0 Å². The number of nitrogens with zero attached hydrogens (tertiary/aromatic N) is 2. The number of aryl methyl sites for hydroxylation is 1. The quantitative estimate of drug-likeness (QED) is 0.733. The Morgan fingerprint density at radius 2 is 2.59 bits per heavy atom. The molecule has 2 heterocycles. The van der Waals surface area contributed by atoms with Crippen molar-refractivity contribution in [3.63, 3.8) is 0 Å². The molecule has 2 rings (SSSR count). The number of ether oxygens (including phenoxy) is 2. The van der Waals surface area contributed by atoms with Crippen LogP contribution in [0.25, 0.3) is 0 Å². The zero-order chi connectivity index (χ0) is 11.9. The van der Waals surface area contributed by atoms with E-state index in [0.29, 0.717) is 12.7 Å². The zero-order valence-electron chi connectivity index (χ0n) is 10.4. The molecule has 0 radical (unpaired) electrons. The Bertz CT molecular complexity index is 321. The van der Waals surface area contributed by atoms with Gasteiger partial charge in [0.25, 0.3) is 0 Å². The van der Waals surface area contributed by atoms with Gasteiger partial charge in [0.2, 0.25) is 5.95 Å². The van der Waals surface area contributed by atoms with Crippen LogP contribution < -0.4 is 5.32 Å². The van der Waals surface area contributed by atoms with Crippen molar-refractivity contribution in [1.29, 1.82) is 0 Å². The Kier molecular flexibility index (Phi) is 4.82. The lowest BCUT2D eigenvalue weighted by atomic mass is 10.2. The fraction of sp³-hybridized carbons (Fsp3) is 0.750. The van der Waals surface area contributed by atoms with Crippen LogP contribution >= 0.6 is 0 Å². The number of nitrogens with one attached hydrogen (secondary N) is 1. The Morgan fingerprint density at radius 1 is 1.65 bits per heavy atom. The van der Waals surface area contributed by atoms with Crippen molar-refractivity contribution >= 4 is 5.95 Å². The van der Waals surface area contributed by atoms with Gasteiger partial charge in [0.1, 0.15) is 0 Å². The minimum absolute atomic E-state index is 0.434. The maximum atomic E-state index is 5.62. The van der Waals surface area contributed by atoms with Gasteiger partial charge in [-0.2, -0.15) is 0 Å². The van der Waals surface area contributed by atoms with Crippen LogP contribution in [0.2, 0.25) is 0 Å². The van der Waals surface area contributed by atoms with E-state index in [9.17, 15) is 0 Å². The smallest absolute Gasteiger partial charge is 0.202 e. The van der Waals surface area contributed by atoms with Gasteiger partial charge in [0, 0.05) is 39.2 Å². The molecule has 1 unspecified atom stereocenters. The molecule has 5 heteroatoms. The SMILES string of the molecule is COCCNc1nccn1CCC1CCCO1. The monoisotopic (exact) mass is 239 g/mol. The molecule has 1 fully saturated rings. The van der Waals surface area contributed by atoms with Gasteiger partial charge < -0.3 is 19.4 Å². The number of hydrogen-bond donors (Lipinski definition) is 1. The first kappa shape index (κ1) is 12.4. The standard InChI is InChI=1S/C12H21N3O2/c1-16-10-6-14-12-13-5-8-15(12)7-4-11-3-2-9-17-11/h5,8,11H,2-4,6-7,9-10H2,1H3,(H,13,14). The van der Waals surface area contributed by atoms with Crippen LogP contribution in [0.1, 0.15) is 19.3 Å². The molecular weight excluding hydrogens is 218 g/mol. The first-order chi connectivity index (χ1) is 8.40. The van der Waals surface area contributed by atoms with Crippen LogP contribution in [0.4, 0.5) is 5.95 Å². The molecular formula is C12H21N3O2. The molecule has 0 aromatic carbocycles. The summed E-state index contributed by atoms with van der Waals surface area (Å²) in [7, 11) is 1.70. The van der Waals surface area contributed by atoms with E-state index in [2.05, 4.69) is 14.9 Å². The molecule has 1 atom stereocenters. The summed E-state index contributed by atoms with van der Waals surface area (Å²) < 4.78 is 12.8. The van der Waals surface area contributed by atoms with Crippen molar-refractivity contribution in [3.8, 4) is 0 Å². The Morgan fingerprint density at radius 3 is 3.35 bits per heavy atom. The molecule has 5 nitrogen and oxygen atoms in total. The Labute approximate surface area is 102 Å². The van der Waals surface area contributed by atoms with E-state index in [1.807, 2.05) is 12.4 Å². The van der Waals surface area contributed by atoms with Crippen LogP contribution in [-0.4, -0.2) is 42.5 Å². The third kappa shape index (κ3) is 3.71. The van der Waals surface area contributed by atoms with Gasteiger partial charge in [-0.3, -0.25) is 0 Å². The fourth-order valence-electron chi connectivity index (χ4n) is 2.08. The summed E-state index contributed by atoms with van der Waals surface area (Å²) in [4.78, 5) is 4.29. The lowest BCUT2D eigenvalue weighted by molar-refractivity contribution is 0.100. The maximum Gasteiger partial charge on any atom is 0.202 e. The first-order valence-electron chi connectivity index (χ1n) is 6.25. The molecule has 1 aromatic rings. The van der Waals surface area contributed by atoms with Crippen molar-refractivity contribution < 1.29 is 9.47 Å². The van der Waals surface area contributed by atoms with Crippen LogP contribution in [0.5, 0.6) is 0 Å². The molecule has 1 saturated heterocycles. The summed E-state index contributed by atoms with van der Waals surface area (Å²) in [6, 6.07) is 0. The van der Waals surface area contributed by atoms with Gasteiger partial charge in [-0.1, -0.05) is 0 Å². The Balaban J connectivity index is 1.76. The van der Waals surface area contributed by atoms with Gasteiger partial charge >= 0.3 is 0 Å². The molecule has 0 amide bonds. The second kappa shape index (κ2) is 6.61. The number of methoxy groups -OCH3 is 1. The van der Waals surface area contributed by atoms with Crippen molar-refractivity contribution in [2.75, 3.05) is 32.2 Å². The molecule has 0 bridgehead atoms. The summed E-state index contributed by atoms with van der Waals surface area (Å²) in [5.41, 5.74) is 0. The first-order valence-corrected chi connectivity index (χ1v) is 6.25. The topological polar surface area (TPSA) is 48.3 Å². The molecule has 0 spiro atoms. The van der Waals surface area contributed by atoms with Crippen molar-refractivity contribution in [3.05, 3.63) is 12.4 Å². The normalized spacial score (nSPS) is 19.7. The van der Waals surface area contributed by atoms with E-state index in [1.54, 1.807) is 7.11 Å². The third-order valence-corrected chi connectivity index (χ3v) is 3.02. The largest absolute Gasteiger partial charge is 0.383 e. The number of imidazole rings is 1. The highest BCUT2D eigenvalue weighted by Gasteiger charge is 2.15.